The number of nitrogens with zero attached hydrogens (tertiary/aromatic N) is 1. The SMILES string of the molecule is CCN(CC)C/C=C\c1ccccc1SNc1ccc2c(c1C(=O)O)OCC1CC21. The van der Waals surface area contributed by atoms with Crippen LogP contribution in [0.1, 0.15) is 47.7 Å². The van der Waals surface area contributed by atoms with Crippen molar-refractivity contribution in [3.05, 3.63) is 59.2 Å². The van der Waals surface area contributed by atoms with Crippen LogP contribution in [0, 0.1) is 5.92 Å². The molecule has 30 heavy (non-hydrogen) atoms. The third-order valence-corrected chi connectivity index (χ3v) is 6.82. The molecule has 0 radical (unpaired) electrons. The van der Waals surface area contributed by atoms with Crippen LogP contribution in [0.4, 0.5) is 5.69 Å². The molecule has 2 aromatic carbocycles. The number of carboxylic acids is 1. The summed E-state index contributed by atoms with van der Waals surface area (Å²) in [7, 11) is 0. The Morgan fingerprint density at radius 2 is 2.07 bits per heavy atom. The molecule has 1 heterocycles. The first kappa shape index (κ1) is 20.8. The standard InChI is InChI=1S/C24H28N2O3S/c1-3-26(4-2)13-7-9-16-8-5-6-10-21(16)30-25-20-12-11-18-19-14-17(19)15-29-23(18)22(20)24(27)28/h5-12,17,19,25H,3-4,13-15H2,1-2H3,(H,27,28)/b9-7-. The summed E-state index contributed by atoms with van der Waals surface area (Å²) in [5.74, 6) is 0.605. The van der Waals surface area contributed by atoms with Gasteiger partial charge in [0.15, 0.2) is 0 Å². The number of fused-ring (bicyclic) bond motifs is 3. The summed E-state index contributed by atoms with van der Waals surface area (Å²) in [6.45, 7) is 7.91. The van der Waals surface area contributed by atoms with Crippen molar-refractivity contribution in [3.63, 3.8) is 0 Å². The number of benzene rings is 2. The van der Waals surface area contributed by atoms with Crippen LogP contribution in [-0.4, -0.2) is 42.2 Å². The number of aromatic carboxylic acids is 1. The molecule has 2 atom stereocenters. The minimum atomic E-state index is -0.957. The molecule has 4 rings (SSSR count). The van der Waals surface area contributed by atoms with Gasteiger partial charge in [0.2, 0.25) is 0 Å². The lowest BCUT2D eigenvalue weighted by molar-refractivity contribution is 0.0692. The van der Waals surface area contributed by atoms with Crippen LogP contribution in [0.2, 0.25) is 0 Å². The maximum atomic E-state index is 12.0. The molecule has 1 aliphatic heterocycles. The van der Waals surface area contributed by atoms with Crippen molar-refractivity contribution in [1.82, 2.24) is 4.90 Å². The van der Waals surface area contributed by atoms with Crippen LogP contribution in [0.5, 0.6) is 5.75 Å². The molecule has 1 saturated carbocycles. The van der Waals surface area contributed by atoms with E-state index in [1.165, 1.54) is 11.9 Å². The molecule has 6 heteroatoms. The Balaban J connectivity index is 1.52. The molecular formula is C24H28N2O3S. The third-order valence-electron chi connectivity index (χ3n) is 5.91. The van der Waals surface area contributed by atoms with Gasteiger partial charge in [0.05, 0.1) is 12.3 Å². The van der Waals surface area contributed by atoms with Crippen molar-refractivity contribution >= 4 is 29.7 Å². The average molecular weight is 425 g/mol. The molecule has 5 nitrogen and oxygen atoms in total. The molecule has 2 unspecified atom stereocenters. The van der Waals surface area contributed by atoms with E-state index in [1.54, 1.807) is 0 Å². The Kier molecular flexibility index (Phi) is 6.35. The summed E-state index contributed by atoms with van der Waals surface area (Å²) in [4.78, 5) is 15.4. The van der Waals surface area contributed by atoms with E-state index in [-0.39, 0.29) is 5.56 Å². The predicted octanol–water partition coefficient (Wildman–Crippen LogP) is 5.35. The molecule has 0 amide bonds. The van der Waals surface area contributed by atoms with Gasteiger partial charge in [-0.2, -0.15) is 0 Å². The zero-order chi connectivity index (χ0) is 21.1. The quantitative estimate of drug-likeness (QED) is 0.529. The summed E-state index contributed by atoms with van der Waals surface area (Å²) < 4.78 is 9.10. The second kappa shape index (κ2) is 9.14. The minimum absolute atomic E-state index is 0.236. The zero-order valence-corrected chi connectivity index (χ0v) is 18.2. The van der Waals surface area contributed by atoms with Gasteiger partial charge < -0.3 is 19.5 Å². The highest BCUT2D eigenvalue weighted by Gasteiger charge is 2.45. The van der Waals surface area contributed by atoms with Crippen molar-refractivity contribution in [1.29, 1.82) is 0 Å². The fourth-order valence-corrected chi connectivity index (χ4v) is 4.77. The lowest BCUT2D eigenvalue weighted by atomic mass is 10.0. The number of likely N-dealkylation sites (N-methyl/N-ethyl adjacent to an activating group) is 1. The normalized spacial score (nSPS) is 19.3. The average Bonchev–Trinajstić information content (AvgIpc) is 3.55. The molecular weight excluding hydrogens is 396 g/mol. The van der Waals surface area contributed by atoms with Crippen LogP contribution in [0.15, 0.2) is 47.4 Å². The summed E-state index contributed by atoms with van der Waals surface area (Å²) in [5.41, 5.74) is 2.96. The summed E-state index contributed by atoms with van der Waals surface area (Å²) >= 11 is 1.43. The van der Waals surface area contributed by atoms with Crippen LogP contribution < -0.4 is 9.46 Å². The van der Waals surface area contributed by atoms with Crippen molar-refractivity contribution < 1.29 is 14.6 Å². The topological polar surface area (TPSA) is 61.8 Å². The summed E-state index contributed by atoms with van der Waals surface area (Å²) in [5, 5.41) is 9.84. The number of hydrogen-bond donors (Lipinski definition) is 2. The Bertz CT molecular complexity index is 955. The first-order valence-electron chi connectivity index (χ1n) is 10.6. The highest BCUT2D eigenvalue weighted by Crippen LogP contribution is 2.55. The van der Waals surface area contributed by atoms with Gasteiger partial charge in [-0.1, -0.05) is 50.3 Å². The van der Waals surface area contributed by atoms with Crippen molar-refractivity contribution in [2.24, 2.45) is 5.92 Å². The summed E-state index contributed by atoms with van der Waals surface area (Å²) in [6.07, 6.45) is 5.40. The van der Waals surface area contributed by atoms with Crippen molar-refractivity contribution in [3.8, 4) is 5.75 Å². The van der Waals surface area contributed by atoms with E-state index in [0.717, 1.165) is 42.1 Å². The summed E-state index contributed by atoms with van der Waals surface area (Å²) in [6, 6.07) is 12.0. The van der Waals surface area contributed by atoms with Crippen LogP contribution in [0.25, 0.3) is 6.08 Å². The molecule has 2 N–H and O–H groups in total. The van der Waals surface area contributed by atoms with Crippen molar-refractivity contribution in [2.75, 3.05) is 31.0 Å². The number of carbonyl (C=O) groups is 1. The number of rotatable bonds is 9. The molecule has 0 bridgehead atoms. The van der Waals surface area contributed by atoms with Gasteiger partial charge in [0.1, 0.15) is 11.3 Å². The highest BCUT2D eigenvalue weighted by molar-refractivity contribution is 8.00. The van der Waals surface area contributed by atoms with E-state index in [9.17, 15) is 9.90 Å². The molecule has 2 aliphatic rings. The lowest BCUT2D eigenvalue weighted by Crippen LogP contribution is -2.22. The smallest absolute Gasteiger partial charge is 0.341 e. The molecule has 0 aromatic heterocycles. The van der Waals surface area contributed by atoms with E-state index in [0.29, 0.717) is 29.9 Å². The zero-order valence-electron chi connectivity index (χ0n) is 17.4. The second-order valence-electron chi connectivity index (χ2n) is 7.76. The van der Waals surface area contributed by atoms with Gasteiger partial charge >= 0.3 is 5.97 Å². The van der Waals surface area contributed by atoms with Gasteiger partial charge in [-0.05, 0) is 60.6 Å². The fourth-order valence-electron chi connectivity index (χ4n) is 3.98. The largest absolute Gasteiger partial charge is 0.492 e. The number of anilines is 1. The minimum Gasteiger partial charge on any atom is -0.492 e. The van der Waals surface area contributed by atoms with E-state index in [2.05, 4.69) is 41.7 Å². The van der Waals surface area contributed by atoms with Crippen molar-refractivity contribution in [2.45, 2.75) is 31.1 Å². The second-order valence-corrected chi connectivity index (χ2v) is 8.60. The van der Waals surface area contributed by atoms with Gasteiger partial charge in [-0.15, -0.1) is 0 Å². The molecule has 158 valence electrons. The van der Waals surface area contributed by atoms with Gasteiger partial charge in [0.25, 0.3) is 0 Å². The number of nitrogens with one attached hydrogen (secondary N) is 1. The van der Waals surface area contributed by atoms with Gasteiger partial charge in [-0.25, -0.2) is 4.79 Å². The third kappa shape index (κ3) is 4.35. The molecule has 0 saturated heterocycles. The first-order chi connectivity index (χ1) is 14.6. The van der Waals surface area contributed by atoms with Gasteiger partial charge in [-0.3, -0.25) is 0 Å². The Morgan fingerprint density at radius 3 is 2.83 bits per heavy atom. The van der Waals surface area contributed by atoms with E-state index >= 15 is 0 Å². The number of ether oxygens (including phenoxy) is 1. The van der Waals surface area contributed by atoms with E-state index < -0.39 is 5.97 Å². The lowest BCUT2D eigenvalue weighted by Gasteiger charge is -2.21. The Labute approximate surface area is 182 Å². The first-order valence-corrected chi connectivity index (χ1v) is 11.4. The van der Waals surface area contributed by atoms with Gasteiger partial charge in [0, 0.05) is 17.4 Å². The van der Waals surface area contributed by atoms with Crippen LogP contribution in [0.3, 0.4) is 0 Å². The maximum absolute atomic E-state index is 12.0. The molecule has 1 fully saturated rings. The van der Waals surface area contributed by atoms with Crippen LogP contribution in [-0.2, 0) is 0 Å². The Morgan fingerprint density at radius 1 is 1.27 bits per heavy atom. The number of hydrogen-bond acceptors (Lipinski definition) is 5. The van der Waals surface area contributed by atoms with Crippen LogP contribution >= 0.6 is 11.9 Å². The number of carboxylic acid groups (broad SMARTS) is 1. The van der Waals surface area contributed by atoms with E-state index in [1.807, 2.05) is 30.3 Å². The predicted molar refractivity (Wildman–Crippen MR) is 122 cm³/mol. The highest BCUT2D eigenvalue weighted by atomic mass is 32.2. The molecule has 2 aromatic rings. The molecule has 0 spiro atoms. The molecule has 1 aliphatic carbocycles. The Hall–Kier alpha value is -2.44. The fraction of sp³-hybridized carbons (Fsp3) is 0.375. The van der Waals surface area contributed by atoms with E-state index in [4.69, 9.17) is 4.74 Å². The monoisotopic (exact) mass is 424 g/mol. The maximum Gasteiger partial charge on any atom is 0.341 e.